The zero-order chi connectivity index (χ0) is 35.2. The predicted octanol–water partition coefficient (Wildman–Crippen LogP) is 8.07. The molecule has 0 spiro atoms. The molecule has 3 fully saturated rings. The highest BCUT2D eigenvalue weighted by Crippen LogP contribution is 2.43. The number of nitrogens with zero attached hydrogens (tertiary/aromatic N) is 6. The number of hydrogen-bond acceptors (Lipinski definition) is 7. The fourth-order valence-electron chi connectivity index (χ4n) is 8.02. The van der Waals surface area contributed by atoms with Crippen LogP contribution in [-0.2, 0) is 4.74 Å². The molecule has 7 rings (SSSR count). The topological polar surface area (TPSA) is 86.3 Å². The van der Waals surface area contributed by atoms with Gasteiger partial charge < -0.3 is 19.2 Å². The van der Waals surface area contributed by atoms with E-state index in [9.17, 15) is 14.4 Å². The van der Waals surface area contributed by atoms with Crippen molar-refractivity contribution < 1.29 is 18.7 Å². The highest BCUT2D eigenvalue weighted by Gasteiger charge is 2.45. The van der Waals surface area contributed by atoms with Crippen LogP contribution in [0.4, 0.5) is 14.9 Å². The molecule has 1 atom stereocenters. The largest absolute Gasteiger partial charge is 0.475 e. The molecule has 0 N–H and O–H groups in total. The molecule has 11 heteroatoms. The third-order valence-electron chi connectivity index (χ3n) is 10.3. The van der Waals surface area contributed by atoms with Gasteiger partial charge in [-0.05, 0) is 88.2 Å². The Bertz CT molecular complexity index is 2060. The summed E-state index contributed by atoms with van der Waals surface area (Å²) < 4.78 is 27.0. The Morgan fingerprint density at radius 3 is 2.64 bits per heavy atom. The van der Waals surface area contributed by atoms with Gasteiger partial charge in [-0.25, -0.2) is 20.7 Å². The number of nitriles is 1. The number of anilines is 1. The van der Waals surface area contributed by atoms with Gasteiger partial charge in [-0.15, -0.1) is 0 Å². The van der Waals surface area contributed by atoms with Crippen molar-refractivity contribution in [2.45, 2.75) is 63.6 Å². The minimum Gasteiger partial charge on any atom is -0.475 e. The molecule has 0 radical (unpaired) electrons. The summed E-state index contributed by atoms with van der Waals surface area (Å²) in [4.78, 5) is 28.1. The Hall–Kier alpha value is -4.64. The number of halogens is 2. The number of piperazine rings is 1. The van der Waals surface area contributed by atoms with Crippen LogP contribution in [0.25, 0.3) is 37.6 Å². The van der Waals surface area contributed by atoms with Crippen molar-refractivity contribution in [1.82, 2.24) is 14.8 Å². The summed E-state index contributed by atoms with van der Waals surface area (Å²) in [5.74, 6) is -0.229. The molecule has 3 aromatic carbocycles. The van der Waals surface area contributed by atoms with Gasteiger partial charge in [0.25, 0.3) is 0 Å². The predicted molar refractivity (Wildman–Crippen MR) is 193 cm³/mol. The summed E-state index contributed by atoms with van der Waals surface area (Å²) in [5.41, 5.74) is 2.41. The SMILES string of the molecule is [C-]#[N+]C[C@H]1CN(c2c(C#N)c(OCC34CCCN3CCC4)nc3cc(-c4cccc5ccc(F)c(Cl)c45)ccc23)CCN1C(=O)OC(C)(C)C. The maximum Gasteiger partial charge on any atom is 0.410 e. The van der Waals surface area contributed by atoms with E-state index < -0.39 is 23.6 Å². The molecule has 3 aliphatic rings. The molecular weight excluding hydrogens is 655 g/mol. The summed E-state index contributed by atoms with van der Waals surface area (Å²) in [6, 6.07) is 16.6. The number of pyridine rings is 1. The minimum absolute atomic E-state index is 0.0568. The van der Waals surface area contributed by atoms with E-state index in [0.29, 0.717) is 48.4 Å². The highest BCUT2D eigenvalue weighted by molar-refractivity contribution is 6.37. The summed E-state index contributed by atoms with van der Waals surface area (Å²) in [6.07, 6.45) is 3.87. The van der Waals surface area contributed by atoms with Crippen LogP contribution in [0, 0.1) is 23.7 Å². The molecule has 0 aliphatic carbocycles. The van der Waals surface area contributed by atoms with Crippen LogP contribution >= 0.6 is 11.6 Å². The Kier molecular flexibility index (Phi) is 8.96. The molecule has 50 heavy (non-hydrogen) atoms. The van der Waals surface area contributed by atoms with Crippen molar-refractivity contribution in [2.75, 3.05) is 50.8 Å². The van der Waals surface area contributed by atoms with Crippen molar-refractivity contribution in [3.8, 4) is 23.1 Å². The first-order valence-electron chi connectivity index (χ1n) is 17.2. The van der Waals surface area contributed by atoms with Crippen LogP contribution in [-0.4, -0.2) is 83.9 Å². The Balaban J connectivity index is 1.34. The van der Waals surface area contributed by atoms with E-state index in [4.69, 9.17) is 32.6 Å². The third kappa shape index (κ3) is 6.16. The lowest BCUT2D eigenvalue weighted by molar-refractivity contribution is 0.0156. The second kappa shape index (κ2) is 13.2. The number of ether oxygens (including phenoxy) is 2. The van der Waals surface area contributed by atoms with Crippen LogP contribution in [0.2, 0.25) is 5.02 Å². The Labute approximate surface area is 296 Å². The fourth-order valence-corrected chi connectivity index (χ4v) is 8.30. The molecule has 9 nitrogen and oxygen atoms in total. The monoisotopic (exact) mass is 694 g/mol. The van der Waals surface area contributed by atoms with Gasteiger partial charge in [-0.1, -0.05) is 48.0 Å². The zero-order valence-electron chi connectivity index (χ0n) is 28.6. The van der Waals surface area contributed by atoms with Gasteiger partial charge in [0, 0.05) is 30.4 Å². The van der Waals surface area contributed by atoms with Crippen molar-refractivity contribution in [3.63, 3.8) is 0 Å². The first-order valence-corrected chi connectivity index (χ1v) is 17.6. The average Bonchev–Trinajstić information content (AvgIpc) is 3.68. The van der Waals surface area contributed by atoms with Crippen molar-refractivity contribution >= 4 is 45.1 Å². The number of carbonyl (C=O) groups is 1. The quantitative estimate of drug-likeness (QED) is 0.189. The van der Waals surface area contributed by atoms with E-state index in [1.165, 1.54) is 6.07 Å². The fraction of sp³-hybridized carbons (Fsp3) is 0.436. The number of rotatable bonds is 6. The van der Waals surface area contributed by atoms with E-state index in [1.807, 2.05) is 57.2 Å². The van der Waals surface area contributed by atoms with Gasteiger partial charge in [-0.3, -0.25) is 9.80 Å². The van der Waals surface area contributed by atoms with E-state index >= 15 is 0 Å². The lowest BCUT2D eigenvalue weighted by atomic mass is 9.95. The van der Waals surface area contributed by atoms with Crippen LogP contribution in [0.5, 0.6) is 5.88 Å². The molecular formula is C39H40ClFN6O3. The maximum absolute atomic E-state index is 14.7. The zero-order valence-corrected chi connectivity index (χ0v) is 29.4. The van der Waals surface area contributed by atoms with Gasteiger partial charge >= 0.3 is 6.09 Å². The van der Waals surface area contributed by atoms with Crippen LogP contribution in [0.1, 0.15) is 52.0 Å². The van der Waals surface area contributed by atoms with Crippen LogP contribution < -0.4 is 9.64 Å². The lowest BCUT2D eigenvalue weighted by Gasteiger charge is -2.41. The first-order chi connectivity index (χ1) is 24.0. The number of benzene rings is 3. The molecule has 0 bridgehead atoms. The molecule has 3 aliphatic heterocycles. The van der Waals surface area contributed by atoms with Gasteiger partial charge in [-0.2, -0.15) is 5.26 Å². The van der Waals surface area contributed by atoms with E-state index in [-0.39, 0.29) is 23.0 Å². The molecule has 4 aromatic rings. The third-order valence-corrected chi connectivity index (χ3v) is 10.7. The standard InChI is InChI=1S/C39H40ClFN6O3/c1-38(2,3)50-37(48)47-19-18-45(23-27(47)22-43-4)35-29-12-10-26(28-9-5-8-25-11-13-31(41)34(40)33(25)28)20-32(29)44-36(30(35)21-42)49-24-39-14-6-16-46(39)17-7-15-39/h5,8-13,20,27H,6-7,14-19,22-24H2,1-3H3/t27-/m0/s1. The van der Waals surface area contributed by atoms with E-state index in [0.717, 1.165) is 60.7 Å². The van der Waals surface area contributed by atoms with Gasteiger partial charge in [0.15, 0.2) is 0 Å². The number of carbonyl (C=O) groups excluding carboxylic acids is 1. The van der Waals surface area contributed by atoms with Crippen molar-refractivity contribution in [3.05, 3.63) is 76.4 Å². The number of amides is 1. The van der Waals surface area contributed by atoms with Crippen molar-refractivity contribution in [2.24, 2.45) is 0 Å². The smallest absolute Gasteiger partial charge is 0.410 e. The van der Waals surface area contributed by atoms with Gasteiger partial charge in [0.05, 0.1) is 21.8 Å². The number of aromatic nitrogens is 1. The Morgan fingerprint density at radius 1 is 1.14 bits per heavy atom. The summed E-state index contributed by atoms with van der Waals surface area (Å²) in [5, 5.41) is 12.9. The second-order valence-corrected chi connectivity index (χ2v) is 14.9. The summed E-state index contributed by atoms with van der Waals surface area (Å²) in [7, 11) is 0. The molecule has 1 amide bonds. The van der Waals surface area contributed by atoms with E-state index in [1.54, 1.807) is 11.0 Å². The normalized spacial score (nSPS) is 19.0. The molecule has 258 valence electrons. The van der Waals surface area contributed by atoms with Gasteiger partial charge in [0.1, 0.15) is 35.7 Å². The summed E-state index contributed by atoms with van der Waals surface area (Å²) in [6.45, 7) is 16.8. The van der Waals surface area contributed by atoms with Crippen LogP contribution in [0.3, 0.4) is 0 Å². The average molecular weight is 695 g/mol. The highest BCUT2D eigenvalue weighted by atomic mass is 35.5. The Morgan fingerprint density at radius 2 is 1.92 bits per heavy atom. The molecule has 0 saturated carbocycles. The van der Waals surface area contributed by atoms with Crippen molar-refractivity contribution in [1.29, 1.82) is 5.26 Å². The van der Waals surface area contributed by atoms with E-state index in [2.05, 4.69) is 20.7 Å². The number of fused-ring (bicyclic) bond motifs is 3. The second-order valence-electron chi connectivity index (χ2n) is 14.6. The summed E-state index contributed by atoms with van der Waals surface area (Å²) >= 11 is 6.53. The van der Waals surface area contributed by atoms with Gasteiger partial charge in [0.2, 0.25) is 12.4 Å². The van der Waals surface area contributed by atoms with Crippen LogP contribution in [0.15, 0.2) is 48.5 Å². The molecule has 0 unspecified atom stereocenters. The molecule has 3 saturated heterocycles. The number of hydrogen-bond donors (Lipinski definition) is 0. The first kappa shape index (κ1) is 33.8. The molecule has 4 heterocycles. The minimum atomic E-state index is -0.677. The molecule has 1 aromatic heterocycles. The maximum atomic E-state index is 14.7. The lowest BCUT2D eigenvalue weighted by Crippen LogP contribution is -2.57.